The zero-order valence-corrected chi connectivity index (χ0v) is 17.4. The van der Waals surface area contributed by atoms with Crippen molar-refractivity contribution in [1.29, 1.82) is 5.41 Å². The highest BCUT2D eigenvalue weighted by Gasteiger charge is 2.36. The van der Waals surface area contributed by atoms with E-state index in [0.717, 1.165) is 57.8 Å². The molecule has 0 saturated carbocycles. The number of hydrogen-bond acceptors (Lipinski definition) is 8. The fourth-order valence-electron chi connectivity index (χ4n) is 4.84. The summed E-state index contributed by atoms with van der Waals surface area (Å²) in [5.74, 6) is 0.566. The fourth-order valence-corrected chi connectivity index (χ4v) is 4.84. The number of rotatable bonds is 5. The van der Waals surface area contributed by atoms with Crippen LogP contribution in [-0.4, -0.2) is 101 Å². The average Bonchev–Trinajstić information content (AvgIpc) is 2.76. The molecule has 0 radical (unpaired) electrons. The standard InChI is InChI=1S/C22H32N6O2/c23-19(18-3-1-2-4-21(18)30)13-20-22(24)25-14-17-15-27(9-10-28(17)20)16-5-7-26(8-6-16)11-12-29/h1-4,13,16-17,23,29-30H,5-12,14-15H2,(H2,24,25)/b20-13+,23-19?. The zero-order valence-electron chi connectivity index (χ0n) is 17.4. The topological polar surface area (TPSA) is 112 Å². The highest BCUT2D eigenvalue weighted by molar-refractivity contribution is 6.13. The van der Waals surface area contributed by atoms with Crippen molar-refractivity contribution in [3.8, 4) is 5.75 Å². The molecule has 1 atom stereocenters. The van der Waals surface area contributed by atoms with E-state index in [9.17, 15) is 5.11 Å². The van der Waals surface area contributed by atoms with Crippen LogP contribution in [0.4, 0.5) is 0 Å². The van der Waals surface area contributed by atoms with Gasteiger partial charge >= 0.3 is 0 Å². The largest absolute Gasteiger partial charge is 0.507 e. The molecule has 162 valence electrons. The van der Waals surface area contributed by atoms with Gasteiger partial charge in [0.1, 0.15) is 11.6 Å². The highest BCUT2D eigenvalue weighted by Crippen LogP contribution is 2.26. The van der Waals surface area contributed by atoms with E-state index in [0.29, 0.717) is 24.0 Å². The number of hydrogen-bond donors (Lipinski definition) is 4. The molecule has 0 aromatic heterocycles. The van der Waals surface area contributed by atoms with Gasteiger partial charge in [0.2, 0.25) is 0 Å². The van der Waals surface area contributed by atoms with Crippen LogP contribution in [0.15, 0.2) is 41.0 Å². The second-order valence-electron chi connectivity index (χ2n) is 8.32. The number of allylic oxidation sites excluding steroid dienone is 1. The Morgan fingerprint density at radius 1 is 1.17 bits per heavy atom. The molecule has 3 aliphatic heterocycles. The van der Waals surface area contributed by atoms with E-state index in [1.54, 1.807) is 24.3 Å². The van der Waals surface area contributed by atoms with Crippen LogP contribution in [0.25, 0.3) is 0 Å². The molecule has 1 unspecified atom stereocenters. The molecule has 0 amide bonds. The molecule has 0 spiro atoms. The number of likely N-dealkylation sites (tertiary alicyclic amines) is 1. The Kier molecular flexibility index (Phi) is 6.36. The number of piperidine rings is 1. The van der Waals surface area contributed by atoms with Crippen LogP contribution in [0.3, 0.4) is 0 Å². The van der Waals surface area contributed by atoms with Gasteiger partial charge in [-0.05, 0) is 44.1 Å². The van der Waals surface area contributed by atoms with E-state index in [-0.39, 0.29) is 24.1 Å². The van der Waals surface area contributed by atoms with Gasteiger partial charge in [0.15, 0.2) is 0 Å². The second-order valence-corrected chi connectivity index (χ2v) is 8.32. The minimum absolute atomic E-state index is 0.0968. The van der Waals surface area contributed by atoms with Crippen molar-refractivity contribution in [2.45, 2.75) is 24.9 Å². The normalized spacial score (nSPS) is 25.2. The molecule has 0 aliphatic carbocycles. The number of nitrogens with one attached hydrogen (secondary N) is 1. The number of aliphatic imine (C=N–C) groups is 1. The maximum absolute atomic E-state index is 10.1. The summed E-state index contributed by atoms with van der Waals surface area (Å²) in [5, 5.41) is 27.7. The van der Waals surface area contributed by atoms with Gasteiger partial charge in [-0.15, -0.1) is 0 Å². The highest BCUT2D eigenvalue weighted by atomic mass is 16.3. The first kappa shape index (κ1) is 20.8. The van der Waals surface area contributed by atoms with Crippen LogP contribution < -0.4 is 5.73 Å². The predicted molar refractivity (Wildman–Crippen MR) is 118 cm³/mol. The minimum atomic E-state index is 0.0968. The molecule has 3 aliphatic rings. The zero-order chi connectivity index (χ0) is 21.1. The number of aliphatic hydroxyl groups is 1. The summed E-state index contributed by atoms with van der Waals surface area (Å²) in [4.78, 5) is 11.8. The van der Waals surface area contributed by atoms with E-state index in [2.05, 4.69) is 19.7 Å². The van der Waals surface area contributed by atoms with E-state index in [4.69, 9.17) is 16.2 Å². The number of phenols is 1. The Morgan fingerprint density at radius 2 is 1.93 bits per heavy atom. The lowest BCUT2D eigenvalue weighted by Gasteiger charge is -2.48. The number of aliphatic hydroxyl groups excluding tert-OH is 1. The van der Waals surface area contributed by atoms with Crippen LogP contribution in [0.2, 0.25) is 0 Å². The smallest absolute Gasteiger partial charge is 0.142 e. The van der Waals surface area contributed by atoms with Crippen LogP contribution in [0.1, 0.15) is 18.4 Å². The summed E-state index contributed by atoms with van der Waals surface area (Å²) >= 11 is 0. The Balaban J connectivity index is 1.44. The monoisotopic (exact) mass is 412 g/mol. The van der Waals surface area contributed by atoms with Gasteiger partial charge in [0.05, 0.1) is 30.6 Å². The average molecular weight is 413 g/mol. The van der Waals surface area contributed by atoms with Gasteiger partial charge in [-0.25, -0.2) is 0 Å². The maximum Gasteiger partial charge on any atom is 0.142 e. The first-order valence-corrected chi connectivity index (χ1v) is 10.8. The van der Waals surface area contributed by atoms with Crippen LogP contribution in [-0.2, 0) is 0 Å². The molecule has 4 rings (SSSR count). The summed E-state index contributed by atoms with van der Waals surface area (Å²) in [5.41, 5.74) is 7.73. The van der Waals surface area contributed by atoms with Gasteiger partial charge in [-0.1, -0.05) is 12.1 Å². The van der Waals surface area contributed by atoms with Gasteiger partial charge in [-0.2, -0.15) is 0 Å². The number of benzene rings is 1. The SMILES string of the molecule is N=C(/C=C1\C(N)=NCC2CN(C3CCN(CCO)CC3)CCN12)c1ccccc1O. The van der Waals surface area contributed by atoms with E-state index in [1.165, 1.54) is 0 Å². The van der Waals surface area contributed by atoms with Crippen molar-refractivity contribution in [2.75, 3.05) is 52.4 Å². The van der Waals surface area contributed by atoms with Crippen LogP contribution >= 0.6 is 0 Å². The van der Waals surface area contributed by atoms with Crippen molar-refractivity contribution in [3.63, 3.8) is 0 Å². The van der Waals surface area contributed by atoms with Crippen LogP contribution in [0, 0.1) is 5.41 Å². The van der Waals surface area contributed by atoms with Crippen LogP contribution in [0.5, 0.6) is 5.75 Å². The molecule has 2 saturated heterocycles. The molecule has 3 heterocycles. The van der Waals surface area contributed by atoms with E-state index < -0.39 is 0 Å². The Bertz CT molecular complexity index is 831. The third-order valence-electron chi connectivity index (χ3n) is 6.52. The number of phenolic OH excluding ortho intramolecular Hbond substituents is 1. The molecule has 8 nitrogen and oxygen atoms in total. The van der Waals surface area contributed by atoms with Crippen molar-refractivity contribution in [1.82, 2.24) is 14.7 Å². The molecule has 8 heteroatoms. The fraction of sp³-hybridized carbons (Fsp3) is 0.545. The number of β-amino-alcohol motifs (C(OH)–C–C–N with tert-alkyl or cyclic N) is 1. The van der Waals surface area contributed by atoms with Crippen molar-refractivity contribution in [3.05, 3.63) is 41.6 Å². The number of fused-ring (bicyclic) bond motifs is 1. The van der Waals surface area contributed by atoms with Gasteiger partial charge in [0.25, 0.3) is 0 Å². The lowest BCUT2D eigenvalue weighted by Crippen LogP contribution is -2.60. The van der Waals surface area contributed by atoms with E-state index >= 15 is 0 Å². The van der Waals surface area contributed by atoms with E-state index in [1.807, 2.05) is 6.07 Å². The summed E-state index contributed by atoms with van der Waals surface area (Å²) in [6, 6.07) is 7.73. The summed E-state index contributed by atoms with van der Waals surface area (Å²) < 4.78 is 0. The first-order valence-electron chi connectivity index (χ1n) is 10.8. The Labute approximate surface area is 177 Å². The molecule has 1 aromatic carbocycles. The summed E-state index contributed by atoms with van der Waals surface area (Å²) in [6.45, 7) is 6.54. The molecule has 5 N–H and O–H groups in total. The lowest BCUT2D eigenvalue weighted by molar-refractivity contribution is 0.0400. The van der Waals surface area contributed by atoms with Crippen molar-refractivity contribution in [2.24, 2.45) is 10.7 Å². The summed E-state index contributed by atoms with van der Waals surface area (Å²) in [7, 11) is 0. The quantitative estimate of drug-likeness (QED) is 0.523. The molecule has 0 bridgehead atoms. The first-order chi connectivity index (χ1) is 14.6. The lowest BCUT2D eigenvalue weighted by atomic mass is 9.99. The van der Waals surface area contributed by atoms with Crippen molar-refractivity contribution < 1.29 is 10.2 Å². The molecule has 1 aromatic rings. The van der Waals surface area contributed by atoms with Gasteiger partial charge in [-0.3, -0.25) is 9.89 Å². The number of nitrogens with two attached hydrogens (primary N) is 1. The number of para-hydroxylation sites is 1. The number of piperazine rings is 1. The molecular weight excluding hydrogens is 380 g/mol. The molecule has 30 heavy (non-hydrogen) atoms. The van der Waals surface area contributed by atoms with Crippen molar-refractivity contribution >= 4 is 11.5 Å². The minimum Gasteiger partial charge on any atom is -0.507 e. The predicted octanol–water partition coefficient (Wildman–Crippen LogP) is 0.458. The number of amidine groups is 1. The van der Waals surface area contributed by atoms with Gasteiger partial charge in [0, 0.05) is 37.8 Å². The third-order valence-corrected chi connectivity index (χ3v) is 6.52. The summed E-state index contributed by atoms with van der Waals surface area (Å²) in [6.07, 6.45) is 4.01. The molecule has 2 fully saturated rings. The maximum atomic E-state index is 10.1. The van der Waals surface area contributed by atoms with Gasteiger partial charge < -0.3 is 31.2 Å². The number of aromatic hydroxyl groups is 1. The Hall–Kier alpha value is -2.42. The second kappa shape index (κ2) is 9.16. The Morgan fingerprint density at radius 3 is 2.67 bits per heavy atom. The number of nitrogens with zero attached hydrogens (tertiary/aromatic N) is 4. The third kappa shape index (κ3) is 4.35. The molecular formula is C22H32N6O2.